The number of halogens is 1. The molecule has 1 aromatic heterocycles. The zero-order valence-electron chi connectivity index (χ0n) is 15.8. The van der Waals surface area contributed by atoms with Crippen LogP contribution in [0.3, 0.4) is 0 Å². The van der Waals surface area contributed by atoms with E-state index in [-0.39, 0.29) is 5.56 Å². The number of ether oxygens (including phenoxy) is 1. The fraction of sp³-hybridized carbons (Fsp3) is 0.278. The molecule has 1 unspecified atom stereocenters. The number of esters is 1. The zero-order valence-corrected chi connectivity index (χ0v) is 17.3. The van der Waals surface area contributed by atoms with Gasteiger partial charge in [-0.3, -0.25) is 14.2 Å². The van der Waals surface area contributed by atoms with E-state index in [0.717, 1.165) is 6.26 Å². The Kier molecular flexibility index (Phi) is 6.63. The van der Waals surface area contributed by atoms with Gasteiger partial charge in [0.25, 0.3) is 0 Å². The molecule has 0 bridgehead atoms. The molecule has 0 spiro atoms. The molecule has 0 saturated heterocycles. The van der Waals surface area contributed by atoms with Crippen LogP contribution in [0, 0.1) is 6.92 Å². The van der Waals surface area contributed by atoms with Gasteiger partial charge in [0.2, 0.25) is 15.8 Å². The number of nitrogens with one attached hydrogen (secondary N) is 1. The second-order valence-corrected chi connectivity index (χ2v) is 8.25. The smallest absolute Gasteiger partial charge is 0.331 e. The summed E-state index contributed by atoms with van der Waals surface area (Å²) in [5.74, 6) is -1.11. The van der Waals surface area contributed by atoms with Crippen molar-refractivity contribution in [3.8, 4) is 0 Å². The first-order valence-corrected chi connectivity index (χ1v) is 10.4. The van der Waals surface area contributed by atoms with Crippen LogP contribution in [0.2, 0.25) is 5.15 Å². The van der Waals surface area contributed by atoms with Crippen molar-refractivity contribution >= 4 is 45.1 Å². The van der Waals surface area contributed by atoms with Gasteiger partial charge in [0.05, 0.1) is 11.9 Å². The first kappa shape index (κ1) is 21.6. The molecule has 150 valence electrons. The predicted molar refractivity (Wildman–Crippen MR) is 107 cm³/mol. The Labute approximate surface area is 168 Å². The molecule has 8 nitrogen and oxygen atoms in total. The maximum Gasteiger partial charge on any atom is 0.331 e. The number of aromatic nitrogens is 2. The lowest BCUT2D eigenvalue weighted by Crippen LogP contribution is -2.23. The lowest BCUT2D eigenvalue weighted by Gasteiger charge is -2.11. The average molecular weight is 426 g/mol. The van der Waals surface area contributed by atoms with Crippen molar-refractivity contribution in [1.82, 2.24) is 9.78 Å². The summed E-state index contributed by atoms with van der Waals surface area (Å²) >= 11 is 6.09. The summed E-state index contributed by atoms with van der Waals surface area (Å²) in [5, 5.41) is 4.51. The van der Waals surface area contributed by atoms with Crippen molar-refractivity contribution in [3.05, 3.63) is 52.3 Å². The minimum Gasteiger partial charge on any atom is -0.451 e. The highest BCUT2D eigenvalue weighted by atomic mass is 35.5. The van der Waals surface area contributed by atoms with E-state index in [1.165, 1.54) is 48.0 Å². The Bertz CT molecular complexity index is 1030. The van der Waals surface area contributed by atoms with Crippen LogP contribution in [-0.4, -0.2) is 42.3 Å². The molecule has 0 aliphatic heterocycles. The topological polar surface area (TPSA) is 107 Å². The van der Waals surface area contributed by atoms with E-state index < -0.39 is 27.9 Å². The molecular weight excluding hydrogens is 406 g/mol. The van der Waals surface area contributed by atoms with Crippen LogP contribution in [0.1, 0.15) is 28.5 Å². The second kappa shape index (κ2) is 8.57. The Hall–Kier alpha value is -2.65. The Morgan fingerprint density at radius 1 is 1.29 bits per heavy atom. The maximum atomic E-state index is 12.4. The summed E-state index contributed by atoms with van der Waals surface area (Å²) in [5.41, 5.74) is 1.86. The van der Waals surface area contributed by atoms with Gasteiger partial charge >= 0.3 is 5.97 Å². The van der Waals surface area contributed by atoms with Crippen molar-refractivity contribution in [2.45, 2.75) is 20.0 Å². The minimum atomic E-state index is -3.40. The molecule has 0 aliphatic carbocycles. The third-order valence-electron chi connectivity index (χ3n) is 3.72. The third kappa shape index (κ3) is 5.67. The number of anilines is 1. The highest BCUT2D eigenvalue weighted by Gasteiger charge is 2.19. The SMILES string of the molecule is Cc1nn(C)c(Cl)c1/C=C/C(=O)OC(C)C(=O)c1ccc(NS(C)(=O)=O)cc1. The van der Waals surface area contributed by atoms with Crippen molar-refractivity contribution in [2.75, 3.05) is 11.0 Å². The molecule has 0 amide bonds. The third-order valence-corrected chi connectivity index (χ3v) is 4.77. The molecule has 1 aromatic carbocycles. The molecule has 10 heteroatoms. The molecule has 1 atom stereocenters. The number of nitrogens with zero attached hydrogens (tertiary/aromatic N) is 2. The summed E-state index contributed by atoms with van der Waals surface area (Å²) in [4.78, 5) is 24.4. The van der Waals surface area contributed by atoms with E-state index in [1.807, 2.05) is 0 Å². The van der Waals surface area contributed by atoms with Gasteiger partial charge in [-0.1, -0.05) is 11.6 Å². The number of carbonyl (C=O) groups is 2. The van der Waals surface area contributed by atoms with E-state index in [0.29, 0.717) is 22.1 Å². The highest BCUT2D eigenvalue weighted by molar-refractivity contribution is 7.92. The maximum absolute atomic E-state index is 12.4. The van der Waals surface area contributed by atoms with Crippen LogP contribution in [-0.2, 0) is 26.6 Å². The van der Waals surface area contributed by atoms with Crippen LogP contribution < -0.4 is 4.72 Å². The van der Waals surface area contributed by atoms with Crippen molar-refractivity contribution < 1.29 is 22.7 Å². The summed E-state index contributed by atoms with van der Waals surface area (Å²) in [7, 11) is -1.72. The number of Topliss-reactive ketones (excluding diaryl/α,β-unsaturated/α-hetero) is 1. The quantitative estimate of drug-likeness (QED) is 0.415. The van der Waals surface area contributed by atoms with Crippen molar-refractivity contribution in [1.29, 1.82) is 0 Å². The summed E-state index contributed by atoms with van der Waals surface area (Å²) < 4.78 is 31.3. The van der Waals surface area contributed by atoms with E-state index in [9.17, 15) is 18.0 Å². The molecular formula is C18H20ClN3O5S. The van der Waals surface area contributed by atoms with Crippen LogP contribution in [0.5, 0.6) is 0 Å². The predicted octanol–water partition coefficient (Wildman–Crippen LogP) is 2.58. The van der Waals surface area contributed by atoms with E-state index in [2.05, 4.69) is 9.82 Å². The zero-order chi connectivity index (χ0) is 21.1. The molecule has 2 rings (SSSR count). The van der Waals surface area contributed by atoms with Gasteiger partial charge in [-0.05, 0) is 44.2 Å². The Morgan fingerprint density at radius 2 is 1.89 bits per heavy atom. The number of aryl methyl sites for hydroxylation is 2. The van der Waals surface area contributed by atoms with Gasteiger partial charge in [0.1, 0.15) is 5.15 Å². The summed E-state index contributed by atoms with van der Waals surface area (Å²) in [6.07, 6.45) is 2.67. The summed E-state index contributed by atoms with van der Waals surface area (Å²) in [6.45, 7) is 3.21. The molecule has 0 aliphatic rings. The van der Waals surface area contributed by atoms with Crippen LogP contribution in [0.15, 0.2) is 30.3 Å². The number of benzene rings is 1. The van der Waals surface area contributed by atoms with E-state index in [1.54, 1.807) is 14.0 Å². The highest BCUT2D eigenvalue weighted by Crippen LogP contribution is 2.20. The Morgan fingerprint density at radius 3 is 2.39 bits per heavy atom. The molecule has 2 aromatic rings. The van der Waals surface area contributed by atoms with E-state index >= 15 is 0 Å². The van der Waals surface area contributed by atoms with Gasteiger partial charge in [-0.25, -0.2) is 13.2 Å². The normalized spacial score (nSPS) is 12.8. The average Bonchev–Trinajstić information content (AvgIpc) is 2.83. The van der Waals surface area contributed by atoms with Crippen LogP contribution in [0.4, 0.5) is 5.69 Å². The van der Waals surface area contributed by atoms with Gasteiger partial charge in [-0.15, -0.1) is 0 Å². The van der Waals surface area contributed by atoms with Gasteiger partial charge in [-0.2, -0.15) is 5.10 Å². The second-order valence-electron chi connectivity index (χ2n) is 6.14. The molecule has 0 fully saturated rings. The number of rotatable bonds is 7. The minimum absolute atomic E-state index is 0.287. The fourth-order valence-electron chi connectivity index (χ4n) is 2.41. The molecule has 0 radical (unpaired) electrons. The summed E-state index contributed by atoms with van der Waals surface area (Å²) in [6, 6.07) is 5.81. The Balaban J connectivity index is 2.01. The van der Waals surface area contributed by atoms with Gasteiger partial charge < -0.3 is 4.74 Å². The number of sulfonamides is 1. The van der Waals surface area contributed by atoms with Gasteiger partial charge in [0, 0.05) is 29.9 Å². The lowest BCUT2D eigenvalue weighted by atomic mass is 10.1. The number of carbonyl (C=O) groups excluding carboxylic acids is 2. The lowest BCUT2D eigenvalue weighted by molar-refractivity contribution is -0.140. The molecule has 1 N–H and O–H groups in total. The van der Waals surface area contributed by atoms with E-state index in [4.69, 9.17) is 16.3 Å². The number of hydrogen-bond donors (Lipinski definition) is 1. The van der Waals surface area contributed by atoms with Gasteiger partial charge in [0.15, 0.2) is 6.10 Å². The first-order chi connectivity index (χ1) is 13.0. The standard InChI is InChI=1S/C18H20ClN3O5S/c1-11-15(18(19)22(3)20-11)9-10-16(23)27-12(2)17(24)13-5-7-14(8-6-13)21-28(4,25)26/h5-10,12,21H,1-4H3/b10-9+. The first-order valence-electron chi connectivity index (χ1n) is 8.18. The van der Waals surface area contributed by atoms with Crippen LogP contribution in [0.25, 0.3) is 6.08 Å². The number of hydrogen-bond acceptors (Lipinski definition) is 6. The molecule has 0 saturated carbocycles. The molecule has 1 heterocycles. The van der Waals surface area contributed by atoms with Crippen molar-refractivity contribution in [3.63, 3.8) is 0 Å². The largest absolute Gasteiger partial charge is 0.451 e. The fourth-order valence-corrected chi connectivity index (χ4v) is 3.21. The number of ketones is 1. The van der Waals surface area contributed by atoms with Crippen molar-refractivity contribution in [2.24, 2.45) is 7.05 Å². The monoisotopic (exact) mass is 425 g/mol. The molecule has 28 heavy (non-hydrogen) atoms. The van der Waals surface area contributed by atoms with Crippen LogP contribution >= 0.6 is 11.6 Å².